The van der Waals surface area contributed by atoms with Crippen LogP contribution in [0.15, 0.2) is 18.2 Å². The Morgan fingerprint density at radius 3 is 2.71 bits per heavy atom. The van der Waals surface area contributed by atoms with Crippen molar-refractivity contribution in [1.82, 2.24) is 0 Å². The third kappa shape index (κ3) is 2.11. The molecule has 0 aliphatic carbocycles. The van der Waals surface area contributed by atoms with E-state index in [9.17, 15) is 9.50 Å². The number of aliphatic hydroxyl groups is 1. The van der Waals surface area contributed by atoms with Gasteiger partial charge >= 0.3 is 0 Å². The van der Waals surface area contributed by atoms with Crippen LogP contribution >= 0.6 is 11.8 Å². The predicted octanol–water partition coefficient (Wildman–Crippen LogP) is 3.48. The van der Waals surface area contributed by atoms with Gasteiger partial charge < -0.3 is 5.11 Å². The smallest absolute Gasteiger partial charge is 0.129 e. The predicted molar refractivity (Wildman–Crippen MR) is 70.8 cm³/mol. The van der Waals surface area contributed by atoms with Gasteiger partial charge in [-0.3, -0.25) is 0 Å². The number of thioether (sulfide) groups is 1. The number of rotatable bonds is 1. The Labute approximate surface area is 106 Å². The zero-order valence-electron chi connectivity index (χ0n) is 10.6. The van der Waals surface area contributed by atoms with Crippen LogP contribution in [-0.4, -0.2) is 16.6 Å². The van der Waals surface area contributed by atoms with Crippen molar-refractivity contribution in [2.75, 3.05) is 11.5 Å². The lowest BCUT2D eigenvalue weighted by Crippen LogP contribution is -2.47. The molecule has 0 saturated carbocycles. The highest BCUT2D eigenvalue weighted by Gasteiger charge is 2.48. The third-order valence-corrected chi connectivity index (χ3v) is 4.98. The molecule has 2 rings (SSSR count). The second-order valence-electron chi connectivity index (χ2n) is 5.53. The Kier molecular flexibility index (Phi) is 3.25. The van der Waals surface area contributed by atoms with E-state index in [1.807, 2.05) is 20.8 Å². The van der Waals surface area contributed by atoms with Crippen molar-refractivity contribution in [2.45, 2.75) is 32.8 Å². The summed E-state index contributed by atoms with van der Waals surface area (Å²) in [5.74, 6) is 1.30. The van der Waals surface area contributed by atoms with E-state index in [1.54, 1.807) is 23.9 Å². The van der Waals surface area contributed by atoms with E-state index in [-0.39, 0.29) is 11.2 Å². The van der Waals surface area contributed by atoms with Crippen molar-refractivity contribution in [3.05, 3.63) is 35.1 Å². The normalized spacial score (nSPS) is 28.1. The zero-order chi connectivity index (χ0) is 12.7. The number of halogens is 1. The van der Waals surface area contributed by atoms with Crippen molar-refractivity contribution in [3.63, 3.8) is 0 Å². The fourth-order valence-electron chi connectivity index (χ4n) is 2.35. The maximum atomic E-state index is 14.0. The highest BCUT2D eigenvalue weighted by molar-refractivity contribution is 7.99. The van der Waals surface area contributed by atoms with Gasteiger partial charge in [0, 0.05) is 11.3 Å². The van der Waals surface area contributed by atoms with E-state index in [2.05, 4.69) is 0 Å². The van der Waals surface area contributed by atoms with E-state index in [0.29, 0.717) is 11.3 Å². The molecule has 1 unspecified atom stereocenters. The van der Waals surface area contributed by atoms with Crippen molar-refractivity contribution in [3.8, 4) is 0 Å². The van der Waals surface area contributed by atoms with Crippen molar-refractivity contribution in [2.24, 2.45) is 5.41 Å². The molecule has 17 heavy (non-hydrogen) atoms. The second kappa shape index (κ2) is 4.29. The molecule has 1 fully saturated rings. The Hall–Kier alpha value is -0.540. The molecule has 1 aliphatic rings. The minimum Gasteiger partial charge on any atom is -0.384 e. The standard InChI is InChI=1S/C14H19FOS/c1-10-4-5-12(15)11(8-10)14(16)9-17-7-6-13(14,2)3/h4-5,8,16H,6-7,9H2,1-3H3. The molecule has 0 bridgehead atoms. The van der Waals surface area contributed by atoms with Gasteiger partial charge in [-0.2, -0.15) is 11.8 Å². The topological polar surface area (TPSA) is 20.2 Å². The van der Waals surface area contributed by atoms with Gasteiger partial charge in [0.25, 0.3) is 0 Å². The number of hydrogen-bond donors (Lipinski definition) is 1. The van der Waals surface area contributed by atoms with Crippen LogP contribution in [0.1, 0.15) is 31.4 Å². The average Bonchev–Trinajstić information content (AvgIpc) is 2.26. The average molecular weight is 254 g/mol. The molecule has 1 atom stereocenters. The molecule has 1 N–H and O–H groups in total. The summed E-state index contributed by atoms with van der Waals surface area (Å²) in [7, 11) is 0. The molecule has 0 radical (unpaired) electrons. The molecule has 0 amide bonds. The number of hydrogen-bond acceptors (Lipinski definition) is 2. The summed E-state index contributed by atoms with van der Waals surface area (Å²) >= 11 is 1.70. The van der Waals surface area contributed by atoms with Crippen molar-refractivity contribution < 1.29 is 9.50 Å². The maximum absolute atomic E-state index is 14.0. The first-order valence-corrected chi connectivity index (χ1v) is 7.09. The van der Waals surface area contributed by atoms with E-state index >= 15 is 0 Å². The van der Waals surface area contributed by atoms with Crippen LogP contribution in [0.4, 0.5) is 4.39 Å². The summed E-state index contributed by atoms with van der Waals surface area (Å²) in [6.07, 6.45) is 0.904. The molecule has 3 heteroatoms. The molecule has 1 aliphatic heterocycles. The van der Waals surface area contributed by atoms with Gasteiger partial charge in [-0.15, -0.1) is 0 Å². The lowest BCUT2D eigenvalue weighted by Gasteiger charge is -2.46. The zero-order valence-corrected chi connectivity index (χ0v) is 11.4. The first-order valence-electron chi connectivity index (χ1n) is 5.94. The van der Waals surface area contributed by atoms with Gasteiger partial charge in [-0.1, -0.05) is 31.5 Å². The molecular weight excluding hydrogens is 235 g/mol. The lowest BCUT2D eigenvalue weighted by molar-refractivity contribution is -0.0604. The van der Waals surface area contributed by atoms with Gasteiger partial charge in [0.15, 0.2) is 0 Å². The van der Waals surface area contributed by atoms with Crippen molar-refractivity contribution >= 4 is 11.8 Å². The van der Waals surface area contributed by atoms with Gasteiger partial charge in [0.05, 0.1) is 0 Å². The minimum absolute atomic E-state index is 0.285. The highest BCUT2D eigenvalue weighted by atomic mass is 32.2. The summed E-state index contributed by atoms with van der Waals surface area (Å²) < 4.78 is 14.0. The van der Waals surface area contributed by atoms with Crippen LogP contribution in [0.3, 0.4) is 0 Å². The Morgan fingerprint density at radius 2 is 2.06 bits per heavy atom. The van der Waals surface area contributed by atoms with Crippen LogP contribution in [0.2, 0.25) is 0 Å². The largest absolute Gasteiger partial charge is 0.384 e. The van der Waals surface area contributed by atoms with Gasteiger partial charge in [0.2, 0.25) is 0 Å². The molecular formula is C14H19FOS. The summed E-state index contributed by atoms with van der Waals surface area (Å²) in [4.78, 5) is 0. The third-order valence-electron chi connectivity index (χ3n) is 3.87. The molecule has 0 aromatic heterocycles. The molecule has 94 valence electrons. The summed E-state index contributed by atoms with van der Waals surface area (Å²) in [6, 6.07) is 4.98. The summed E-state index contributed by atoms with van der Waals surface area (Å²) in [6.45, 7) is 5.97. The fourth-order valence-corrected chi connectivity index (χ4v) is 3.99. The van der Waals surface area contributed by atoms with Crippen LogP contribution in [0.25, 0.3) is 0 Å². The van der Waals surface area contributed by atoms with Gasteiger partial charge in [-0.25, -0.2) is 4.39 Å². The fraction of sp³-hybridized carbons (Fsp3) is 0.571. The molecule has 1 aromatic carbocycles. The lowest BCUT2D eigenvalue weighted by atomic mass is 9.69. The SMILES string of the molecule is Cc1ccc(F)c(C2(O)CSCCC2(C)C)c1. The van der Waals surface area contributed by atoms with Crippen LogP contribution < -0.4 is 0 Å². The van der Waals surface area contributed by atoms with Crippen LogP contribution in [-0.2, 0) is 5.60 Å². The number of benzene rings is 1. The molecule has 1 saturated heterocycles. The van der Waals surface area contributed by atoms with E-state index in [1.165, 1.54) is 6.07 Å². The summed E-state index contributed by atoms with van der Waals surface area (Å²) in [5, 5.41) is 10.9. The minimum atomic E-state index is -1.06. The monoisotopic (exact) mass is 254 g/mol. The number of aryl methyl sites for hydroxylation is 1. The Bertz CT molecular complexity index is 430. The van der Waals surface area contributed by atoms with E-state index in [4.69, 9.17) is 0 Å². The maximum Gasteiger partial charge on any atom is 0.129 e. The molecule has 1 nitrogen and oxygen atoms in total. The quantitative estimate of drug-likeness (QED) is 0.828. The van der Waals surface area contributed by atoms with Gasteiger partial charge in [-0.05, 0) is 30.6 Å². The molecule has 0 spiro atoms. The summed E-state index contributed by atoms with van der Waals surface area (Å²) in [5.41, 5.74) is 0.0923. The van der Waals surface area contributed by atoms with Crippen LogP contribution in [0.5, 0.6) is 0 Å². The molecule has 1 heterocycles. The van der Waals surface area contributed by atoms with Crippen LogP contribution in [0, 0.1) is 18.2 Å². The van der Waals surface area contributed by atoms with Gasteiger partial charge in [0.1, 0.15) is 11.4 Å². The first kappa shape index (κ1) is 12.9. The first-order chi connectivity index (χ1) is 7.87. The van der Waals surface area contributed by atoms with Crippen molar-refractivity contribution in [1.29, 1.82) is 0 Å². The van der Waals surface area contributed by atoms with E-state index in [0.717, 1.165) is 17.7 Å². The Balaban J connectivity index is 2.52. The molecule has 1 aromatic rings. The second-order valence-corrected chi connectivity index (χ2v) is 6.64. The highest BCUT2D eigenvalue weighted by Crippen LogP contribution is 2.49. The van der Waals surface area contributed by atoms with E-state index < -0.39 is 5.60 Å². The Morgan fingerprint density at radius 1 is 1.35 bits per heavy atom.